The molecule has 1 aliphatic rings. The maximum absolute atomic E-state index is 12.2. The van der Waals surface area contributed by atoms with E-state index in [2.05, 4.69) is 37.1 Å². The van der Waals surface area contributed by atoms with Crippen LogP contribution in [0.2, 0.25) is 0 Å². The number of nitrogens with one attached hydrogen (secondary N) is 1. The van der Waals surface area contributed by atoms with E-state index < -0.39 is 0 Å². The van der Waals surface area contributed by atoms with Gasteiger partial charge in [-0.25, -0.2) is 4.79 Å². The van der Waals surface area contributed by atoms with E-state index in [1.165, 1.54) is 0 Å². The van der Waals surface area contributed by atoms with Gasteiger partial charge in [0.15, 0.2) is 0 Å². The van der Waals surface area contributed by atoms with Gasteiger partial charge in [-0.3, -0.25) is 4.90 Å². The van der Waals surface area contributed by atoms with Gasteiger partial charge in [0.1, 0.15) is 0 Å². The first-order valence-electron chi connectivity index (χ1n) is 7.21. The molecule has 1 heterocycles. The van der Waals surface area contributed by atoms with Gasteiger partial charge in [-0.2, -0.15) is 5.26 Å². The number of amides is 2. The standard InChI is InChI=1S/C16H22N4O/c1-16(2,3)20-9-7-19(8-10-20)15(21)18-14-6-4-5-13(11-14)12-17/h4-6,11H,7-10H2,1-3H3,(H,18,21). The second kappa shape index (κ2) is 6.15. The van der Waals surface area contributed by atoms with Crippen LogP contribution in [0.5, 0.6) is 0 Å². The molecule has 0 atom stereocenters. The molecule has 0 spiro atoms. The smallest absolute Gasteiger partial charge is 0.321 e. The Hall–Kier alpha value is -2.06. The zero-order valence-electron chi connectivity index (χ0n) is 12.9. The maximum atomic E-state index is 12.2. The lowest BCUT2D eigenvalue weighted by Gasteiger charge is -2.42. The van der Waals surface area contributed by atoms with Crippen molar-refractivity contribution in [2.75, 3.05) is 31.5 Å². The minimum absolute atomic E-state index is 0.0985. The van der Waals surface area contributed by atoms with Crippen LogP contribution in [0, 0.1) is 11.3 Å². The third-order valence-electron chi connectivity index (χ3n) is 3.76. The van der Waals surface area contributed by atoms with E-state index in [1.54, 1.807) is 24.3 Å². The lowest BCUT2D eigenvalue weighted by atomic mass is 10.1. The highest BCUT2D eigenvalue weighted by atomic mass is 16.2. The van der Waals surface area contributed by atoms with Gasteiger partial charge in [0, 0.05) is 37.4 Å². The quantitative estimate of drug-likeness (QED) is 0.863. The topological polar surface area (TPSA) is 59.4 Å². The molecule has 2 rings (SSSR count). The predicted molar refractivity (Wildman–Crippen MR) is 83.1 cm³/mol. The van der Waals surface area contributed by atoms with Crippen molar-refractivity contribution in [3.63, 3.8) is 0 Å². The van der Waals surface area contributed by atoms with Crippen molar-refractivity contribution in [3.05, 3.63) is 29.8 Å². The number of rotatable bonds is 1. The van der Waals surface area contributed by atoms with Crippen molar-refractivity contribution in [1.82, 2.24) is 9.80 Å². The van der Waals surface area contributed by atoms with Gasteiger partial charge < -0.3 is 10.2 Å². The van der Waals surface area contributed by atoms with Gasteiger partial charge in [-0.1, -0.05) is 6.07 Å². The SMILES string of the molecule is CC(C)(C)N1CCN(C(=O)Nc2cccc(C#N)c2)CC1. The molecule has 0 aliphatic carbocycles. The Kier molecular flexibility index (Phi) is 4.49. The van der Waals surface area contributed by atoms with E-state index in [9.17, 15) is 4.79 Å². The van der Waals surface area contributed by atoms with Crippen LogP contribution in [0.15, 0.2) is 24.3 Å². The predicted octanol–water partition coefficient (Wildman–Crippen LogP) is 2.51. The third-order valence-corrected chi connectivity index (χ3v) is 3.76. The second-order valence-corrected chi connectivity index (χ2v) is 6.27. The average Bonchev–Trinajstić information content (AvgIpc) is 2.46. The molecule has 2 amide bonds. The molecule has 5 heteroatoms. The van der Waals surface area contributed by atoms with Crippen LogP contribution in [-0.4, -0.2) is 47.5 Å². The third kappa shape index (κ3) is 3.96. The zero-order chi connectivity index (χ0) is 15.5. The molecule has 1 aliphatic heterocycles. The minimum atomic E-state index is -0.0985. The van der Waals surface area contributed by atoms with Crippen LogP contribution in [0.1, 0.15) is 26.3 Å². The largest absolute Gasteiger partial charge is 0.322 e. The molecule has 0 aromatic heterocycles. The Morgan fingerprint density at radius 2 is 1.90 bits per heavy atom. The number of benzene rings is 1. The van der Waals surface area contributed by atoms with E-state index in [4.69, 9.17) is 5.26 Å². The van der Waals surface area contributed by atoms with Gasteiger partial charge in [0.25, 0.3) is 0 Å². The number of anilines is 1. The molecular weight excluding hydrogens is 264 g/mol. The van der Waals surface area contributed by atoms with Crippen molar-refractivity contribution in [2.24, 2.45) is 0 Å². The van der Waals surface area contributed by atoms with E-state index in [0.29, 0.717) is 11.3 Å². The van der Waals surface area contributed by atoms with Crippen molar-refractivity contribution < 1.29 is 4.79 Å². The maximum Gasteiger partial charge on any atom is 0.321 e. The summed E-state index contributed by atoms with van der Waals surface area (Å²) in [6.45, 7) is 9.79. The summed E-state index contributed by atoms with van der Waals surface area (Å²) in [4.78, 5) is 16.4. The van der Waals surface area contributed by atoms with Gasteiger partial charge in [-0.05, 0) is 39.0 Å². The first-order chi connectivity index (χ1) is 9.90. The lowest BCUT2D eigenvalue weighted by molar-refractivity contribution is 0.0774. The number of hydrogen-bond acceptors (Lipinski definition) is 3. The van der Waals surface area contributed by atoms with Gasteiger partial charge in [0.05, 0.1) is 11.6 Å². The molecule has 1 saturated heterocycles. The summed E-state index contributed by atoms with van der Waals surface area (Å²) < 4.78 is 0. The fraction of sp³-hybridized carbons (Fsp3) is 0.500. The number of carbonyl (C=O) groups excluding carboxylic acids is 1. The van der Waals surface area contributed by atoms with E-state index in [1.807, 2.05) is 4.90 Å². The highest BCUT2D eigenvalue weighted by molar-refractivity contribution is 5.89. The Morgan fingerprint density at radius 1 is 1.24 bits per heavy atom. The number of urea groups is 1. The normalized spacial score (nSPS) is 16.4. The Bertz CT molecular complexity index is 548. The molecule has 5 nitrogen and oxygen atoms in total. The molecule has 112 valence electrons. The number of carbonyl (C=O) groups is 1. The van der Waals surface area contributed by atoms with Crippen LogP contribution in [0.4, 0.5) is 10.5 Å². The highest BCUT2D eigenvalue weighted by Crippen LogP contribution is 2.17. The van der Waals surface area contributed by atoms with Crippen molar-refractivity contribution in [1.29, 1.82) is 5.26 Å². The number of hydrogen-bond donors (Lipinski definition) is 1. The summed E-state index contributed by atoms with van der Waals surface area (Å²) in [5.41, 5.74) is 1.35. The molecule has 1 fully saturated rings. The highest BCUT2D eigenvalue weighted by Gasteiger charge is 2.27. The van der Waals surface area contributed by atoms with Crippen LogP contribution >= 0.6 is 0 Å². The Morgan fingerprint density at radius 3 is 2.48 bits per heavy atom. The van der Waals surface area contributed by atoms with Gasteiger partial charge in [-0.15, -0.1) is 0 Å². The summed E-state index contributed by atoms with van der Waals surface area (Å²) in [6.07, 6.45) is 0. The number of nitrogens with zero attached hydrogens (tertiary/aromatic N) is 3. The first kappa shape index (κ1) is 15.3. The van der Waals surface area contributed by atoms with Crippen molar-refractivity contribution in [2.45, 2.75) is 26.3 Å². The summed E-state index contributed by atoms with van der Waals surface area (Å²) in [5, 5.41) is 11.7. The van der Waals surface area contributed by atoms with Crippen LogP contribution in [0.3, 0.4) is 0 Å². The van der Waals surface area contributed by atoms with Gasteiger partial charge in [0.2, 0.25) is 0 Å². The number of nitriles is 1. The first-order valence-corrected chi connectivity index (χ1v) is 7.21. The summed E-state index contributed by atoms with van der Waals surface area (Å²) in [6, 6.07) is 8.94. The molecule has 1 aromatic carbocycles. The Balaban J connectivity index is 1.92. The van der Waals surface area contributed by atoms with Crippen LogP contribution < -0.4 is 5.32 Å². The lowest BCUT2D eigenvalue weighted by Crippen LogP contribution is -2.55. The van der Waals surface area contributed by atoms with E-state index in [0.717, 1.165) is 26.2 Å². The van der Waals surface area contributed by atoms with Crippen LogP contribution in [-0.2, 0) is 0 Å². The molecule has 0 bridgehead atoms. The number of piperazine rings is 1. The van der Waals surface area contributed by atoms with E-state index >= 15 is 0 Å². The summed E-state index contributed by atoms with van der Waals surface area (Å²) in [7, 11) is 0. The molecule has 1 aromatic rings. The molecule has 1 N–H and O–H groups in total. The molecule has 0 unspecified atom stereocenters. The van der Waals surface area contributed by atoms with Gasteiger partial charge >= 0.3 is 6.03 Å². The summed E-state index contributed by atoms with van der Waals surface area (Å²) in [5.74, 6) is 0. The fourth-order valence-electron chi connectivity index (χ4n) is 2.45. The van der Waals surface area contributed by atoms with Crippen LogP contribution in [0.25, 0.3) is 0 Å². The minimum Gasteiger partial charge on any atom is -0.322 e. The zero-order valence-corrected chi connectivity index (χ0v) is 12.9. The van der Waals surface area contributed by atoms with Crippen molar-refractivity contribution in [3.8, 4) is 6.07 Å². The molecule has 0 saturated carbocycles. The molecular formula is C16H22N4O. The second-order valence-electron chi connectivity index (χ2n) is 6.27. The molecule has 0 radical (unpaired) electrons. The van der Waals surface area contributed by atoms with Crippen molar-refractivity contribution >= 4 is 11.7 Å². The monoisotopic (exact) mass is 286 g/mol. The summed E-state index contributed by atoms with van der Waals surface area (Å²) >= 11 is 0. The fourth-order valence-corrected chi connectivity index (χ4v) is 2.45. The molecule has 21 heavy (non-hydrogen) atoms. The Labute approximate surface area is 126 Å². The average molecular weight is 286 g/mol. The van der Waals surface area contributed by atoms with E-state index in [-0.39, 0.29) is 11.6 Å².